The van der Waals surface area contributed by atoms with Gasteiger partial charge in [0.25, 0.3) is 0 Å². The molecule has 0 aliphatic carbocycles. The van der Waals surface area contributed by atoms with E-state index in [1.54, 1.807) is 65.8 Å². The summed E-state index contributed by atoms with van der Waals surface area (Å²) >= 11 is 0. The van der Waals surface area contributed by atoms with E-state index in [1.165, 1.54) is 12.4 Å². The number of ether oxygens (including phenoxy) is 2. The van der Waals surface area contributed by atoms with Crippen molar-refractivity contribution in [1.82, 2.24) is 10.6 Å². The van der Waals surface area contributed by atoms with Gasteiger partial charge in [0, 0.05) is 12.4 Å². The first-order valence-corrected chi connectivity index (χ1v) is 6.97. The quantitative estimate of drug-likeness (QED) is 0.778. The number of amides is 2. The van der Waals surface area contributed by atoms with Crippen molar-refractivity contribution in [3.8, 4) is 0 Å². The first-order chi connectivity index (χ1) is 9.99. The second-order valence-corrected chi connectivity index (χ2v) is 6.40. The SMILES string of the molecule is CC(C)(C)OC(=O)N/C=C/C=C\C=C\NC(=O)OC(C)(C)C. The zero-order chi connectivity index (χ0) is 17.2. The summed E-state index contributed by atoms with van der Waals surface area (Å²) < 4.78 is 10.1. The third kappa shape index (κ3) is 14.2. The van der Waals surface area contributed by atoms with Crippen LogP contribution in [0.1, 0.15) is 41.5 Å². The van der Waals surface area contributed by atoms with Crippen LogP contribution in [0.4, 0.5) is 9.59 Å². The fourth-order valence-electron chi connectivity index (χ4n) is 1.09. The van der Waals surface area contributed by atoms with Gasteiger partial charge in [-0.25, -0.2) is 9.59 Å². The zero-order valence-electron chi connectivity index (χ0n) is 14.1. The molecule has 124 valence electrons. The number of allylic oxidation sites excluding steroid dienone is 4. The van der Waals surface area contributed by atoms with Crippen LogP contribution in [0.3, 0.4) is 0 Å². The molecule has 0 heterocycles. The maximum absolute atomic E-state index is 11.3. The topological polar surface area (TPSA) is 76.7 Å². The number of carbonyl (C=O) groups excluding carboxylic acids is 2. The minimum Gasteiger partial charge on any atom is -0.444 e. The summed E-state index contributed by atoms with van der Waals surface area (Å²) in [5, 5.41) is 4.93. The summed E-state index contributed by atoms with van der Waals surface area (Å²) in [7, 11) is 0. The molecule has 0 unspecified atom stereocenters. The monoisotopic (exact) mass is 310 g/mol. The van der Waals surface area contributed by atoms with E-state index in [-0.39, 0.29) is 0 Å². The van der Waals surface area contributed by atoms with Gasteiger partial charge in [0.1, 0.15) is 11.2 Å². The predicted octanol–water partition coefficient (Wildman–Crippen LogP) is 3.62. The second-order valence-electron chi connectivity index (χ2n) is 6.40. The minimum absolute atomic E-state index is 0.515. The van der Waals surface area contributed by atoms with E-state index in [1.807, 2.05) is 0 Å². The Morgan fingerprint density at radius 1 is 0.682 bits per heavy atom. The van der Waals surface area contributed by atoms with Crippen molar-refractivity contribution in [2.45, 2.75) is 52.7 Å². The van der Waals surface area contributed by atoms with Gasteiger partial charge in [0.2, 0.25) is 0 Å². The van der Waals surface area contributed by atoms with Crippen molar-refractivity contribution >= 4 is 12.2 Å². The van der Waals surface area contributed by atoms with Crippen LogP contribution in [-0.4, -0.2) is 23.4 Å². The molecule has 0 aliphatic rings. The lowest BCUT2D eigenvalue weighted by atomic mass is 10.2. The number of hydrogen-bond acceptors (Lipinski definition) is 4. The van der Waals surface area contributed by atoms with E-state index in [9.17, 15) is 9.59 Å². The van der Waals surface area contributed by atoms with Gasteiger partial charge in [-0.2, -0.15) is 0 Å². The molecule has 0 aromatic carbocycles. The summed E-state index contributed by atoms with van der Waals surface area (Å²) in [6.07, 6.45) is 8.51. The van der Waals surface area contributed by atoms with Crippen molar-refractivity contribution in [1.29, 1.82) is 0 Å². The van der Waals surface area contributed by atoms with Crippen molar-refractivity contribution in [2.24, 2.45) is 0 Å². The van der Waals surface area contributed by atoms with Gasteiger partial charge in [-0.05, 0) is 53.7 Å². The molecule has 0 aromatic heterocycles. The summed E-state index contributed by atoms with van der Waals surface area (Å²) in [6.45, 7) is 10.7. The molecule has 0 aliphatic heterocycles. The Labute approximate surface area is 132 Å². The molecule has 2 N–H and O–H groups in total. The highest BCUT2D eigenvalue weighted by atomic mass is 16.6. The fraction of sp³-hybridized carbons (Fsp3) is 0.500. The molecule has 0 bridgehead atoms. The van der Waals surface area contributed by atoms with Crippen LogP contribution in [0.25, 0.3) is 0 Å². The molecule has 0 fully saturated rings. The maximum atomic E-state index is 11.3. The summed E-state index contributed by atoms with van der Waals surface area (Å²) in [5.74, 6) is 0. The Bertz CT molecular complexity index is 410. The standard InChI is InChI=1S/C16H26N2O4/c1-15(2,3)21-13(19)17-11-9-7-8-10-12-18-14(20)22-16(4,5)6/h7-12H,1-6H3,(H,17,19)(H,18,20)/b8-7-,11-9+,12-10+. The first-order valence-electron chi connectivity index (χ1n) is 6.97. The molecule has 0 radical (unpaired) electrons. The maximum Gasteiger partial charge on any atom is 0.411 e. The van der Waals surface area contributed by atoms with E-state index < -0.39 is 23.4 Å². The summed E-state index contributed by atoms with van der Waals surface area (Å²) in [4.78, 5) is 22.6. The van der Waals surface area contributed by atoms with E-state index in [4.69, 9.17) is 9.47 Å². The summed E-state index contributed by atoms with van der Waals surface area (Å²) in [6, 6.07) is 0. The lowest BCUT2D eigenvalue weighted by Gasteiger charge is -2.18. The highest BCUT2D eigenvalue weighted by Crippen LogP contribution is 2.06. The Morgan fingerprint density at radius 2 is 1.00 bits per heavy atom. The molecule has 0 aromatic rings. The van der Waals surface area contributed by atoms with Crippen molar-refractivity contribution < 1.29 is 19.1 Å². The van der Waals surface area contributed by atoms with E-state index in [0.29, 0.717) is 0 Å². The average Bonchev–Trinajstić information content (AvgIpc) is 2.27. The van der Waals surface area contributed by atoms with Crippen LogP contribution in [0.5, 0.6) is 0 Å². The Morgan fingerprint density at radius 3 is 1.27 bits per heavy atom. The van der Waals surface area contributed by atoms with Gasteiger partial charge >= 0.3 is 12.2 Å². The number of hydrogen-bond donors (Lipinski definition) is 2. The second kappa shape index (κ2) is 8.92. The Balaban J connectivity index is 3.95. The predicted molar refractivity (Wildman–Crippen MR) is 86.2 cm³/mol. The lowest BCUT2D eigenvalue weighted by Crippen LogP contribution is -2.29. The Kier molecular flexibility index (Phi) is 8.01. The van der Waals surface area contributed by atoms with Crippen LogP contribution in [0, 0.1) is 0 Å². The van der Waals surface area contributed by atoms with Crippen LogP contribution in [-0.2, 0) is 9.47 Å². The van der Waals surface area contributed by atoms with Gasteiger partial charge in [-0.15, -0.1) is 0 Å². The normalized spacial score (nSPS) is 12.8. The van der Waals surface area contributed by atoms with E-state index in [0.717, 1.165) is 0 Å². The fourth-order valence-corrected chi connectivity index (χ4v) is 1.09. The zero-order valence-corrected chi connectivity index (χ0v) is 14.1. The summed E-state index contributed by atoms with van der Waals surface area (Å²) in [5.41, 5.74) is -1.05. The molecule has 6 heteroatoms. The molecule has 0 saturated carbocycles. The smallest absolute Gasteiger partial charge is 0.411 e. The van der Waals surface area contributed by atoms with Gasteiger partial charge in [0.15, 0.2) is 0 Å². The van der Waals surface area contributed by atoms with Crippen molar-refractivity contribution in [3.05, 3.63) is 36.7 Å². The minimum atomic E-state index is -0.524. The highest BCUT2D eigenvalue weighted by molar-refractivity contribution is 5.69. The van der Waals surface area contributed by atoms with Crippen LogP contribution in [0.2, 0.25) is 0 Å². The molecule has 6 nitrogen and oxygen atoms in total. The van der Waals surface area contributed by atoms with Crippen molar-refractivity contribution in [2.75, 3.05) is 0 Å². The molecular formula is C16H26N2O4. The number of nitrogens with one attached hydrogen (secondary N) is 2. The molecule has 0 spiro atoms. The number of alkyl carbamates (subject to hydrolysis) is 2. The third-order valence-electron chi connectivity index (χ3n) is 1.73. The third-order valence-corrected chi connectivity index (χ3v) is 1.73. The van der Waals surface area contributed by atoms with Crippen LogP contribution >= 0.6 is 0 Å². The molecule has 0 saturated heterocycles. The van der Waals surface area contributed by atoms with Crippen molar-refractivity contribution in [3.63, 3.8) is 0 Å². The number of carbonyl (C=O) groups is 2. The molecule has 2 amide bonds. The highest BCUT2D eigenvalue weighted by Gasteiger charge is 2.15. The van der Waals surface area contributed by atoms with Gasteiger partial charge < -0.3 is 9.47 Å². The largest absolute Gasteiger partial charge is 0.444 e. The average molecular weight is 310 g/mol. The molecule has 0 atom stereocenters. The molecule has 0 rings (SSSR count). The van der Waals surface area contributed by atoms with E-state index in [2.05, 4.69) is 10.6 Å². The van der Waals surface area contributed by atoms with Crippen LogP contribution < -0.4 is 10.6 Å². The van der Waals surface area contributed by atoms with Gasteiger partial charge in [0.05, 0.1) is 0 Å². The number of rotatable bonds is 4. The Hall–Kier alpha value is -2.24. The molecule has 22 heavy (non-hydrogen) atoms. The first kappa shape index (κ1) is 19.8. The lowest BCUT2D eigenvalue weighted by molar-refractivity contribution is 0.0540. The van der Waals surface area contributed by atoms with Gasteiger partial charge in [-0.1, -0.05) is 12.2 Å². The molecular weight excluding hydrogens is 284 g/mol. The van der Waals surface area contributed by atoms with E-state index >= 15 is 0 Å². The van der Waals surface area contributed by atoms with Gasteiger partial charge in [-0.3, -0.25) is 10.6 Å². The van der Waals surface area contributed by atoms with Crippen LogP contribution in [0.15, 0.2) is 36.7 Å².